The normalized spacial score (nSPS) is 20.8. The van der Waals surface area contributed by atoms with Gasteiger partial charge in [0.1, 0.15) is 6.04 Å². The van der Waals surface area contributed by atoms with Crippen molar-refractivity contribution in [2.75, 3.05) is 18.4 Å². The van der Waals surface area contributed by atoms with Crippen molar-refractivity contribution in [3.63, 3.8) is 0 Å². The number of carbonyl (C=O) groups is 3. The van der Waals surface area contributed by atoms with Crippen LogP contribution in [0, 0.1) is 18.3 Å². The Hall–Kier alpha value is -2.00. The number of aryl methyl sites for hydroxylation is 1. The van der Waals surface area contributed by atoms with Crippen molar-refractivity contribution >= 4 is 34.7 Å². The Morgan fingerprint density at radius 3 is 2.86 bits per heavy atom. The Morgan fingerprint density at radius 1 is 1.54 bits per heavy atom. The van der Waals surface area contributed by atoms with E-state index < -0.39 is 12.0 Å². The molecule has 3 amide bonds. The molecule has 2 unspecified atom stereocenters. The molecule has 1 aliphatic carbocycles. The monoisotopic (exact) mass is 408 g/mol. The fourth-order valence-corrected chi connectivity index (χ4v) is 4.60. The zero-order valence-corrected chi connectivity index (χ0v) is 17.2. The van der Waals surface area contributed by atoms with E-state index in [0.717, 1.165) is 31.4 Å². The average molecular weight is 409 g/mol. The molecule has 154 valence electrons. The van der Waals surface area contributed by atoms with Gasteiger partial charge in [-0.2, -0.15) is 0 Å². The van der Waals surface area contributed by atoms with Crippen LogP contribution in [-0.2, 0) is 14.4 Å². The molecular formula is C19H28N4O4S. The zero-order valence-electron chi connectivity index (χ0n) is 16.4. The van der Waals surface area contributed by atoms with E-state index in [9.17, 15) is 19.6 Å². The van der Waals surface area contributed by atoms with E-state index in [0.29, 0.717) is 36.0 Å². The van der Waals surface area contributed by atoms with E-state index in [4.69, 9.17) is 0 Å². The summed E-state index contributed by atoms with van der Waals surface area (Å²) in [6, 6.07) is -0.535. The molecule has 9 heteroatoms. The minimum Gasteiger partial charge on any atom is -0.330 e. The van der Waals surface area contributed by atoms with Crippen LogP contribution in [0.1, 0.15) is 51.1 Å². The predicted octanol–water partition coefficient (Wildman–Crippen LogP) is 2.43. The van der Waals surface area contributed by atoms with Crippen molar-refractivity contribution in [1.82, 2.24) is 14.9 Å². The van der Waals surface area contributed by atoms with Gasteiger partial charge in [0.25, 0.3) is 0 Å². The minimum absolute atomic E-state index is 0.0498. The van der Waals surface area contributed by atoms with E-state index in [1.165, 1.54) is 11.3 Å². The van der Waals surface area contributed by atoms with Crippen LogP contribution in [0.5, 0.6) is 0 Å². The van der Waals surface area contributed by atoms with Gasteiger partial charge < -0.3 is 10.2 Å². The maximum absolute atomic E-state index is 13.3. The highest BCUT2D eigenvalue weighted by molar-refractivity contribution is 7.13. The van der Waals surface area contributed by atoms with E-state index >= 15 is 0 Å². The summed E-state index contributed by atoms with van der Waals surface area (Å²) in [7, 11) is 0. The summed E-state index contributed by atoms with van der Waals surface area (Å²) in [6.07, 6.45) is 5.32. The van der Waals surface area contributed by atoms with Crippen molar-refractivity contribution in [1.29, 1.82) is 0 Å². The zero-order chi connectivity index (χ0) is 20.3. The number of thiazole rings is 1. The van der Waals surface area contributed by atoms with E-state index in [1.54, 1.807) is 4.90 Å². The van der Waals surface area contributed by atoms with Gasteiger partial charge in [-0.15, -0.1) is 11.3 Å². The fraction of sp³-hybridized carbons (Fsp3) is 0.684. The average Bonchev–Trinajstić information content (AvgIpc) is 3.12. The van der Waals surface area contributed by atoms with Gasteiger partial charge in [0, 0.05) is 11.9 Å². The van der Waals surface area contributed by atoms with Crippen molar-refractivity contribution in [2.45, 2.75) is 58.4 Å². The molecule has 0 aromatic carbocycles. The number of carbonyl (C=O) groups excluding carboxylic acids is 3. The first-order chi connectivity index (χ1) is 13.4. The van der Waals surface area contributed by atoms with Crippen LogP contribution in [0.2, 0.25) is 0 Å². The first-order valence-electron chi connectivity index (χ1n) is 9.82. The smallest absolute Gasteiger partial charge is 0.248 e. The largest absolute Gasteiger partial charge is 0.330 e. The number of aromatic nitrogens is 1. The molecule has 28 heavy (non-hydrogen) atoms. The molecule has 2 heterocycles. The molecule has 2 aliphatic rings. The van der Waals surface area contributed by atoms with Gasteiger partial charge >= 0.3 is 0 Å². The van der Waals surface area contributed by atoms with E-state index in [-0.39, 0.29) is 23.8 Å². The molecule has 1 aliphatic heterocycles. The lowest BCUT2D eigenvalue weighted by Crippen LogP contribution is -2.47. The number of unbranched alkanes of at least 4 members (excludes halogenated alkanes) is 1. The van der Waals surface area contributed by atoms with Crippen molar-refractivity contribution < 1.29 is 19.6 Å². The fourth-order valence-electron chi connectivity index (χ4n) is 3.91. The maximum Gasteiger partial charge on any atom is 0.248 e. The minimum atomic E-state index is -0.535. The number of amides is 3. The van der Waals surface area contributed by atoms with Crippen molar-refractivity contribution in [3.8, 4) is 0 Å². The molecule has 2 atom stereocenters. The van der Waals surface area contributed by atoms with Crippen LogP contribution < -0.4 is 5.32 Å². The first kappa shape index (κ1) is 20.7. The quantitative estimate of drug-likeness (QED) is 0.371. The van der Waals surface area contributed by atoms with Gasteiger partial charge in [-0.25, -0.2) is 10.0 Å². The second-order valence-electron chi connectivity index (χ2n) is 8.04. The molecule has 2 N–H and O–H groups in total. The lowest BCUT2D eigenvalue weighted by molar-refractivity contribution is -0.157. The molecule has 1 aromatic heterocycles. The lowest BCUT2D eigenvalue weighted by atomic mass is 9.99. The SMILES string of the molecule is CCCCC(CN(O)C=O)C(=O)N1CC2(CC2)CC1C(=O)Nc1nc(C)cs1. The number of hydrogen-bond acceptors (Lipinski definition) is 6. The number of likely N-dealkylation sites (tertiary alicyclic amines) is 1. The molecule has 1 aromatic rings. The highest BCUT2D eigenvalue weighted by Gasteiger charge is 2.55. The lowest BCUT2D eigenvalue weighted by Gasteiger charge is -2.29. The van der Waals surface area contributed by atoms with Gasteiger partial charge in [-0.3, -0.25) is 19.6 Å². The Labute approximate surface area is 168 Å². The van der Waals surface area contributed by atoms with Crippen molar-refractivity contribution in [2.24, 2.45) is 11.3 Å². The van der Waals surface area contributed by atoms with Gasteiger partial charge in [0.15, 0.2) is 5.13 Å². The third-order valence-electron chi connectivity index (χ3n) is 5.68. The maximum atomic E-state index is 13.3. The summed E-state index contributed by atoms with van der Waals surface area (Å²) in [6.45, 7) is 4.41. The summed E-state index contributed by atoms with van der Waals surface area (Å²) in [5.41, 5.74) is 0.893. The van der Waals surface area contributed by atoms with Crippen LogP contribution in [0.3, 0.4) is 0 Å². The van der Waals surface area contributed by atoms with Gasteiger partial charge in [-0.1, -0.05) is 19.8 Å². The second kappa shape index (κ2) is 8.57. The number of rotatable bonds is 9. The summed E-state index contributed by atoms with van der Waals surface area (Å²) in [5, 5.41) is 15.4. The third-order valence-corrected chi connectivity index (χ3v) is 6.56. The number of hydroxylamine groups is 2. The van der Waals surface area contributed by atoms with E-state index in [2.05, 4.69) is 10.3 Å². The van der Waals surface area contributed by atoms with Crippen LogP contribution in [0.15, 0.2) is 5.38 Å². The summed E-state index contributed by atoms with van der Waals surface area (Å²) in [4.78, 5) is 43.0. The predicted molar refractivity (Wildman–Crippen MR) is 105 cm³/mol. The number of anilines is 1. The Bertz CT molecular complexity index is 733. The number of nitrogens with one attached hydrogen (secondary N) is 1. The molecule has 0 bridgehead atoms. The Balaban J connectivity index is 1.74. The summed E-state index contributed by atoms with van der Waals surface area (Å²) < 4.78 is 0. The van der Waals surface area contributed by atoms with E-state index in [1.807, 2.05) is 19.2 Å². The van der Waals surface area contributed by atoms with Crippen LogP contribution in [0.25, 0.3) is 0 Å². The van der Waals surface area contributed by atoms with Crippen molar-refractivity contribution in [3.05, 3.63) is 11.1 Å². The molecule has 8 nitrogen and oxygen atoms in total. The first-order valence-corrected chi connectivity index (χ1v) is 10.7. The molecule has 1 saturated carbocycles. The van der Waals surface area contributed by atoms with Gasteiger partial charge in [0.05, 0.1) is 18.2 Å². The highest BCUT2D eigenvalue weighted by Crippen LogP contribution is 2.55. The molecule has 1 spiro atoms. The highest BCUT2D eigenvalue weighted by atomic mass is 32.1. The standard InChI is InChI=1S/C19H28N4O4S/c1-3-4-5-14(9-22(27)12-24)17(26)23-11-19(6-7-19)8-15(23)16(25)21-18-20-13(2)10-28-18/h10,12,14-15,27H,3-9,11H2,1-2H3,(H,20,21,25). The molecular weight excluding hydrogens is 380 g/mol. The molecule has 1 saturated heterocycles. The molecule has 2 fully saturated rings. The van der Waals surface area contributed by atoms with Gasteiger partial charge in [0.2, 0.25) is 18.2 Å². The summed E-state index contributed by atoms with van der Waals surface area (Å²) in [5.74, 6) is -0.882. The topological polar surface area (TPSA) is 103 Å². The van der Waals surface area contributed by atoms with Crippen LogP contribution in [0.4, 0.5) is 5.13 Å². The second-order valence-corrected chi connectivity index (χ2v) is 8.89. The third kappa shape index (κ3) is 4.70. The Morgan fingerprint density at radius 2 is 2.29 bits per heavy atom. The van der Waals surface area contributed by atoms with Gasteiger partial charge in [-0.05, 0) is 38.0 Å². The Kier molecular flexibility index (Phi) is 6.34. The number of hydrogen-bond donors (Lipinski definition) is 2. The molecule has 0 radical (unpaired) electrons. The summed E-state index contributed by atoms with van der Waals surface area (Å²) >= 11 is 1.37. The molecule has 3 rings (SSSR count). The number of nitrogens with zero attached hydrogens (tertiary/aromatic N) is 3. The van der Waals surface area contributed by atoms with Crippen LogP contribution >= 0.6 is 11.3 Å². The van der Waals surface area contributed by atoms with Crippen LogP contribution in [-0.4, -0.2) is 57.5 Å².